The number of ether oxygens (including phenoxy) is 1. The van der Waals surface area contributed by atoms with Gasteiger partial charge in [-0.25, -0.2) is 8.42 Å². The molecule has 20 heavy (non-hydrogen) atoms. The Labute approximate surface area is 123 Å². The Hall–Kier alpha value is -0.130. The molecule has 2 rings (SSSR count). The van der Waals surface area contributed by atoms with E-state index in [-0.39, 0.29) is 22.3 Å². The minimum Gasteiger partial charge on any atom is -0.378 e. The summed E-state index contributed by atoms with van der Waals surface area (Å²) in [5.41, 5.74) is -0.0822. The van der Waals surface area contributed by atoms with E-state index in [1.165, 1.54) is 6.26 Å². The van der Waals surface area contributed by atoms with Gasteiger partial charge in [-0.1, -0.05) is 26.7 Å². The molecule has 2 saturated carbocycles. The molecule has 0 amide bonds. The van der Waals surface area contributed by atoms with Crippen molar-refractivity contribution < 1.29 is 13.2 Å². The van der Waals surface area contributed by atoms with Gasteiger partial charge in [0.05, 0.1) is 10.9 Å². The molecule has 0 spiro atoms. The molecule has 0 unspecified atom stereocenters. The molecule has 0 aliphatic heterocycles. The van der Waals surface area contributed by atoms with Crippen LogP contribution in [0, 0.1) is 5.41 Å². The normalized spacial score (nSPS) is 41.1. The molecule has 0 aromatic carbocycles. The van der Waals surface area contributed by atoms with Crippen LogP contribution in [0.5, 0.6) is 0 Å². The van der Waals surface area contributed by atoms with E-state index in [2.05, 4.69) is 26.1 Å². The fourth-order valence-corrected chi connectivity index (χ4v) is 5.22. The molecule has 5 heteroatoms. The second kappa shape index (κ2) is 5.25. The standard InChI is InChI=1S/C15H29NO3S/c1-14(2)13(10-15(14,3)19-4)16-11-8-6-7-9-12(11)20(5,17)18/h11-13,16H,6-10H2,1-5H3/t11-,12+,13+,15-/m1/s1. The van der Waals surface area contributed by atoms with E-state index in [0.717, 1.165) is 32.1 Å². The Balaban J connectivity index is 2.07. The molecular formula is C15H29NO3S. The van der Waals surface area contributed by atoms with E-state index in [0.29, 0.717) is 6.04 Å². The van der Waals surface area contributed by atoms with Gasteiger partial charge in [0, 0.05) is 30.9 Å². The molecule has 0 heterocycles. The predicted octanol–water partition coefficient (Wildman–Crippen LogP) is 2.14. The van der Waals surface area contributed by atoms with Crippen molar-refractivity contribution in [3.63, 3.8) is 0 Å². The third kappa shape index (κ3) is 2.64. The molecule has 0 bridgehead atoms. The summed E-state index contributed by atoms with van der Waals surface area (Å²) in [6, 6.07) is 0.434. The van der Waals surface area contributed by atoms with Crippen LogP contribution in [0.3, 0.4) is 0 Å². The Morgan fingerprint density at radius 3 is 2.25 bits per heavy atom. The zero-order valence-corrected chi connectivity index (χ0v) is 14.2. The molecule has 0 aromatic heterocycles. The summed E-state index contributed by atoms with van der Waals surface area (Å²) in [4.78, 5) is 0. The van der Waals surface area contributed by atoms with E-state index >= 15 is 0 Å². The van der Waals surface area contributed by atoms with Crippen molar-refractivity contribution in [1.82, 2.24) is 5.32 Å². The van der Waals surface area contributed by atoms with Gasteiger partial charge in [-0.3, -0.25) is 0 Å². The van der Waals surface area contributed by atoms with Crippen LogP contribution < -0.4 is 5.32 Å². The van der Waals surface area contributed by atoms with Gasteiger partial charge in [-0.15, -0.1) is 0 Å². The van der Waals surface area contributed by atoms with Crippen molar-refractivity contribution in [2.75, 3.05) is 13.4 Å². The maximum Gasteiger partial charge on any atom is 0.151 e. The van der Waals surface area contributed by atoms with Crippen molar-refractivity contribution in [2.45, 2.75) is 75.8 Å². The first-order valence-corrected chi connectivity index (χ1v) is 9.57. The summed E-state index contributed by atoms with van der Waals surface area (Å²) in [5.74, 6) is 0. The number of hydrogen-bond donors (Lipinski definition) is 1. The molecular weight excluding hydrogens is 274 g/mol. The number of nitrogens with one attached hydrogen (secondary N) is 1. The second-order valence-electron chi connectivity index (χ2n) is 7.34. The van der Waals surface area contributed by atoms with E-state index < -0.39 is 9.84 Å². The smallest absolute Gasteiger partial charge is 0.151 e. The number of sulfone groups is 1. The molecule has 2 aliphatic rings. The maximum atomic E-state index is 12.0. The molecule has 0 aromatic rings. The molecule has 4 nitrogen and oxygen atoms in total. The summed E-state index contributed by atoms with van der Waals surface area (Å²) in [6.07, 6.45) is 6.24. The summed E-state index contributed by atoms with van der Waals surface area (Å²) >= 11 is 0. The third-order valence-corrected chi connectivity index (χ3v) is 7.61. The Bertz CT molecular complexity index is 460. The van der Waals surface area contributed by atoms with Gasteiger partial charge in [0.1, 0.15) is 0 Å². The summed E-state index contributed by atoms with van der Waals surface area (Å²) in [5, 5.41) is 3.41. The molecule has 0 radical (unpaired) electrons. The third-order valence-electron chi connectivity index (χ3n) is 5.95. The Morgan fingerprint density at radius 1 is 1.15 bits per heavy atom. The Kier molecular flexibility index (Phi) is 4.27. The second-order valence-corrected chi connectivity index (χ2v) is 9.60. The lowest BCUT2D eigenvalue weighted by Crippen LogP contribution is -2.70. The van der Waals surface area contributed by atoms with Gasteiger partial charge < -0.3 is 10.1 Å². The van der Waals surface area contributed by atoms with Crippen molar-refractivity contribution in [3.05, 3.63) is 0 Å². The first-order chi connectivity index (χ1) is 9.12. The SMILES string of the molecule is CO[C@]1(C)C[C@H](N[C@@H]2CCCC[C@@H]2S(C)(=O)=O)C1(C)C. The van der Waals surface area contributed by atoms with Crippen LogP contribution in [0.2, 0.25) is 0 Å². The van der Waals surface area contributed by atoms with Crippen molar-refractivity contribution in [3.8, 4) is 0 Å². The van der Waals surface area contributed by atoms with E-state index in [9.17, 15) is 8.42 Å². The van der Waals surface area contributed by atoms with Gasteiger partial charge in [-0.2, -0.15) is 0 Å². The highest BCUT2D eigenvalue weighted by molar-refractivity contribution is 7.91. The van der Waals surface area contributed by atoms with Crippen LogP contribution in [-0.2, 0) is 14.6 Å². The lowest BCUT2D eigenvalue weighted by molar-refractivity contribution is -0.182. The number of rotatable bonds is 4. The maximum absolute atomic E-state index is 12.0. The van der Waals surface area contributed by atoms with E-state index in [1.807, 2.05) is 0 Å². The van der Waals surface area contributed by atoms with Crippen LogP contribution in [-0.4, -0.2) is 44.7 Å². The van der Waals surface area contributed by atoms with Crippen molar-refractivity contribution in [2.24, 2.45) is 5.41 Å². The fourth-order valence-electron chi connectivity index (χ4n) is 3.82. The minimum absolute atomic E-state index is 0.0290. The summed E-state index contributed by atoms with van der Waals surface area (Å²) < 4.78 is 29.6. The predicted molar refractivity (Wildman–Crippen MR) is 81.6 cm³/mol. The van der Waals surface area contributed by atoms with Crippen LogP contribution >= 0.6 is 0 Å². The highest BCUT2D eigenvalue weighted by atomic mass is 32.2. The van der Waals surface area contributed by atoms with Gasteiger partial charge >= 0.3 is 0 Å². The van der Waals surface area contributed by atoms with Crippen molar-refractivity contribution >= 4 is 9.84 Å². The Morgan fingerprint density at radius 2 is 1.75 bits per heavy atom. The molecule has 4 atom stereocenters. The van der Waals surface area contributed by atoms with Crippen LogP contribution in [0.25, 0.3) is 0 Å². The van der Waals surface area contributed by atoms with Gasteiger partial charge in [0.25, 0.3) is 0 Å². The topological polar surface area (TPSA) is 55.4 Å². The molecule has 2 fully saturated rings. The minimum atomic E-state index is -2.97. The zero-order valence-electron chi connectivity index (χ0n) is 13.4. The first kappa shape index (κ1) is 16.2. The highest BCUT2D eigenvalue weighted by Crippen LogP contribution is 2.51. The van der Waals surface area contributed by atoms with E-state index in [1.54, 1.807) is 7.11 Å². The van der Waals surface area contributed by atoms with Crippen LogP contribution in [0.15, 0.2) is 0 Å². The van der Waals surface area contributed by atoms with Gasteiger partial charge in [0.15, 0.2) is 9.84 Å². The molecule has 2 aliphatic carbocycles. The highest BCUT2D eigenvalue weighted by Gasteiger charge is 2.58. The molecule has 1 N–H and O–H groups in total. The average molecular weight is 303 g/mol. The lowest BCUT2D eigenvalue weighted by Gasteiger charge is -2.60. The largest absolute Gasteiger partial charge is 0.378 e. The van der Waals surface area contributed by atoms with Gasteiger partial charge in [-0.05, 0) is 26.2 Å². The molecule has 118 valence electrons. The zero-order chi connectivity index (χ0) is 15.2. The number of methoxy groups -OCH3 is 1. The average Bonchev–Trinajstić information content (AvgIpc) is 2.37. The first-order valence-electron chi connectivity index (χ1n) is 7.62. The van der Waals surface area contributed by atoms with Crippen molar-refractivity contribution in [1.29, 1.82) is 0 Å². The summed E-state index contributed by atoms with van der Waals surface area (Å²) in [6.45, 7) is 6.55. The monoisotopic (exact) mass is 303 g/mol. The quantitative estimate of drug-likeness (QED) is 0.864. The number of hydrogen-bond acceptors (Lipinski definition) is 4. The summed E-state index contributed by atoms with van der Waals surface area (Å²) in [7, 11) is -1.21. The van der Waals surface area contributed by atoms with Crippen LogP contribution in [0.4, 0.5) is 0 Å². The lowest BCUT2D eigenvalue weighted by atomic mass is 9.55. The van der Waals surface area contributed by atoms with Gasteiger partial charge in [0.2, 0.25) is 0 Å². The fraction of sp³-hybridized carbons (Fsp3) is 1.00. The van der Waals surface area contributed by atoms with E-state index in [4.69, 9.17) is 4.74 Å². The molecule has 0 saturated heterocycles. The van der Waals surface area contributed by atoms with Crippen LogP contribution in [0.1, 0.15) is 52.9 Å².